The van der Waals surface area contributed by atoms with Crippen molar-refractivity contribution in [1.29, 1.82) is 0 Å². The topological polar surface area (TPSA) is 75.2 Å². The maximum absolute atomic E-state index is 12.2. The van der Waals surface area contributed by atoms with Crippen molar-refractivity contribution >= 4 is 11.8 Å². The van der Waals surface area contributed by atoms with Gasteiger partial charge >= 0.3 is 0 Å². The van der Waals surface area contributed by atoms with Crippen LogP contribution in [-0.2, 0) is 6.42 Å². The molecule has 0 saturated carbocycles. The third-order valence-electron chi connectivity index (χ3n) is 3.75. The van der Waals surface area contributed by atoms with Gasteiger partial charge in [0.2, 0.25) is 5.88 Å². The number of unbranched alkanes of at least 4 members (excludes halogenated alkanes) is 3. The first-order chi connectivity index (χ1) is 11.6. The van der Waals surface area contributed by atoms with E-state index in [1.807, 2.05) is 24.3 Å². The number of benzene rings is 1. The number of aromatic amines is 1. The molecule has 1 aromatic carbocycles. The molecule has 2 N–H and O–H groups in total. The average molecular weight is 348 g/mol. The summed E-state index contributed by atoms with van der Waals surface area (Å²) >= 11 is 1.48. The first-order valence-electron chi connectivity index (χ1n) is 8.22. The van der Waals surface area contributed by atoms with Gasteiger partial charge in [-0.05, 0) is 24.1 Å². The molecular formula is C18H24N2O3S. The zero-order valence-corrected chi connectivity index (χ0v) is 15.0. The van der Waals surface area contributed by atoms with Crippen LogP contribution in [0.25, 0.3) is 0 Å². The number of rotatable bonds is 9. The molecule has 2 aromatic rings. The summed E-state index contributed by atoms with van der Waals surface area (Å²) in [6, 6.07) is 7.39. The first kappa shape index (κ1) is 18.4. The van der Waals surface area contributed by atoms with Crippen molar-refractivity contribution < 1.29 is 9.84 Å². The number of thioether (sulfide) groups is 1. The van der Waals surface area contributed by atoms with Crippen LogP contribution in [0, 0.1) is 0 Å². The summed E-state index contributed by atoms with van der Waals surface area (Å²) in [5, 5.41) is 10.6. The molecule has 6 heteroatoms. The highest BCUT2D eigenvalue weighted by atomic mass is 32.2. The van der Waals surface area contributed by atoms with Crippen molar-refractivity contribution in [2.24, 2.45) is 0 Å². The van der Waals surface area contributed by atoms with Gasteiger partial charge in [0, 0.05) is 12.2 Å². The fourth-order valence-corrected chi connectivity index (χ4v) is 3.20. The number of nitrogens with zero attached hydrogens (tertiary/aromatic N) is 1. The molecule has 1 heterocycles. The van der Waals surface area contributed by atoms with E-state index >= 15 is 0 Å². The molecule has 0 fully saturated rings. The molecule has 0 aliphatic rings. The van der Waals surface area contributed by atoms with E-state index in [-0.39, 0.29) is 17.0 Å². The number of hydrogen-bond acceptors (Lipinski definition) is 5. The Morgan fingerprint density at radius 2 is 1.96 bits per heavy atom. The minimum atomic E-state index is -0.283. The highest BCUT2D eigenvalue weighted by molar-refractivity contribution is 7.99. The molecule has 0 unspecified atom stereocenters. The maximum Gasteiger partial charge on any atom is 0.258 e. The smallest absolute Gasteiger partial charge is 0.258 e. The van der Waals surface area contributed by atoms with Crippen LogP contribution < -0.4 is 10.3 Å². The fraction of sp³-hybridized carbons (Fsp3) is 0.444. The summed E-state index contributed by atoms with van der Waals surface area (Å²) in [5.41, 5.74) is 0.920. The Morgan fingerprint density at radius 1 is 1.21 bits per heavy atom. The second-order valence-corrected chi connectivity index (χ2v) is 6.69. The molecule has 0 saturated heterocycles. The van der Waals surface area contributed by atoms with Crippen LogP contribution in [0.15, 0.2) is 34.2 Å². The van der Waals surface area contributed by atoms with E-state index < -0.39 is 0 Å². The fourth-order valence-electron chi connectivity index (χ4n) is 2.34. The Bertz CT molecular complexity index is 698. The SMILES string of the molecule is CCCCCCSc1nc(O)c(Cc2ccc(OC)cc2)c(=O)[nH]1. The number of methoxy groups -OCH3 is 1. The summed E-state index contributed by atoms with van der Waals surface area (Å²) in [4.78, 5) is 19.1. The summed E-state index contributed by atoms with van der Waals surface area (Å²) in [6.45, 7) is 2.17. The summed E-state index contributed by atoms with van der Waals surface area (Å²) in [5.74, 6) is 1.45. The van der Waals surface area contributed by atoms with Gasteiger partial charge in [0.15, 0.2) is 5.16 Å². The van der Waals surface area contributed by atoms with Gasteiger partial charge in [-0.15, -0.1) is 0 Å². The van der Waals surface area contributed by atoms with Crippen molar-refractivity contribution in [3.05, 3.63) is 45.7 Å². The molecule has 0 bridgehead atoms. The second-order valence-electron chi connectivity index (χ2n) is 5.61. The van der Waals surface area contributed by atoms with Crippen molar-refractivity contribution in [2.45, 2.75) is 44.2 Å². The predicted octanol–water partition coefficient (Wildman–Crippen LogP) is 3.75. The van der Waals surface area contributed by atoms with E-state index in [2.05, 4.69) is 16.9 Å². The van der Waals surface area contributed by atoms with Gasteiger partial charge in [-0.3, -0.25) is 4.79 Å². The normalized spacial score (nSPS) is 10.8. The number of nitrogens with one attached hydrogen (secondary N) is 1. The molecule has 130 valence electrons. The largest absolute Gasteiger partial charge is 0.497 e. The highest BCUT2D eigenvalue weighted by Crippen LogP contribution is 2.21. The Kier molecular flexibility index (Phi) is 7.18. The lowest BCUT2D eigenvalue weighted by atomic mass is 10.1. The molecule has 2 rings (SSSR count). The van der Waals surface area contributed by atoms with Crippen LogP contribution in [0.2, 0.25) is 0 Å². The van der Waals surface area contributed by atoms with E-state index in [4.69, 9.17) is 4.74 Å². The Labute approximate surface area is 146 Å². The van der Waals surface area contributed by atoms with Crippen LogP contribution in [-0.4, -0.2) is 27.9 Å². The van der Waals surface area contributed by atoms with Gasteiger partial charge in [-0.1, -0.05) is 50.1 Å². The van der Waals surface area contributed by atoms with Gasteiger partial charge in [-0.2, -0.15) is 4.98 Å². The first-order valence-corrected chi connectivity index (χ1v) is 9.20. The van der Waals surface area contributed by atoms with E-state index in [0.717, 1.165) is 23.5 Å². The minimum Gasteiger partial charge on any atom is -0.497 e. The van der Waals surface area contributed by atoms with Crippen molar-refractivity contribution in [1.82, 2.24) is 9.97 Å². The third kappa shape index (κ3) is 5.30. The number of ether oxygens (including phenoxy) is 1. The quantitative estimate of drug-likeness (QED) is 0.410. The molecule has 5 nitrogen and oxygen atoms in total. The third-order valence-corrected chi connectivity index (χ3v) is 4.71. The van der Waals surface area contributed by atoms with E-state index in [0.29, 0.717) is 11.6 Å². The Balaban J connectivity index is 2.02. The van der Waals surface area contributed by atoms with Gasteiger partial charge in [0.1, 0.15) is 5.75 Å². The zero-order valence-electron chi connectivity index (χ0n) is 14.2. The van der Waals surface area contributed by atoms with Crippen molar-refractivity contribution in [3.8, 4) is 11.6 Å². The van der Waals surface area contributed by atoms with Crippen molar-refractivity contribution in [2.75, 3.05) is 12.9 Å². The standard InChI is InChI=1S/C18H24N2O3S/c1-3-4-5-6-11-24-18-19-16(21)15(17(22)20-18)12-13-7-9-14(23-2)10-8-13/h7-10H,3-6,11-12H2,1-2H3,(H2,19,20,21,22). The molecule has 0 atom stereocenters. The van der Waals surface area contributed by atoms with Crippen LogP contribution in [0.1, 0.15) is 43.7 Å². The number of H-pyrrole nitrogens is 1. The van der Waals surface area contributed by atoms with Crippen LogP contribution >= 0.6 is 11.8 Å². The number of aromatic hydroxyl groups is 1. The average Bonchev–Trinajstić information content (AvgIpc) is 2.58. The van der Waals surface area contributed by atoms with E-state index in [9.17, 15) is 9.90 Å². The molecule has 0 spiro atoms. The Hall–Kier alpha value is -1.95. The minimum absolute atomic E-state index is 0.189. The van der Waals surface area contributed by atoms with Crippen molar-refractivity contribution in [3.63, 3.8) is 0 Å². The lowest BCUT2D eigenvalue weighted by Gasteiger charge is -2.07. The molecule has 0 aliphatic carbocycles. The van der Waals surface area contributed by atoms with E-state index in [1.165, 1.54) is 31.0 Å². The van der Waals surface area contributed by atoms with Crippen LogP contribution in [0.3, 0.4) is 0 Å². The molecule has 24 heavy (non-hydrogen) atoms. The molecular weight excluding hydrogens is 324 g/mol. The van der Waals surface area contributed by atoms with E-state index in [1.54, 1.807) is 7.11 Å². The van der Waals surface area contributed by atoms with Gasteiger partial charge in [0.25, 0.3) is 5.56 Å². The highest BCUT2D eigenvalue weighted by Gasteiger charge is 2.12. The lowest BCUT2D eigenvalue weighted by molar-refractivity contribution is 0.414. The Morgan fingerprint density at radius 3 is 2.58 bits per heavy atom. The lowest BCUT2D eigenvalue weighted by Crippen LogP contribution is -2.15. The summed E-state index contributed by atoms with van der Waals surface area (Å²) in [6.07, 6.45) is 5.00. The van der Waals surface area contributed by atoms with Gasteiger partial charge in [-0.25, -0.2) is 0 Å². The molecule has 0 amide bonds. The maximum atomic E-state index is 12.2. The van der Waals surface area contributed by atoms with Gasteiger partial charge in [0.05, 0.1) is 12.7 Å². The molecule has 1 aromatic heterocycles. The summed E-state index contributed by atoms with van der Waals surface area (Å²) < 4.78 is 5.11. The predicted molar refractivity (Wildman–Crippen MR) is 97.2 cm³/mol. The molecule has 0 aliphatic heterocycles. The monoisotopic (exact) mass is 348 g/mol. The van der Waals surface area contributed by atoms with Gasteiger partial charge < -0.3 is 14.8 Å². The van der Waals surface area contributed by atoms with Crippen LogP contribution in [0.4, 0.5) is 0 Å². The number of aromatic nitrogens is 2. The summed E-state index contributed by atoms with van der Waals surface area (Å²) in [7, 11) is 1.61. The second kappa shape index (κ2) is 9.37. The zero-order chi connectivity index (χ0) is 17.4. The molecule has 0 radical (unpaired) electrons. The number of hydrogen-bond donors (Lipinski definition) is 2. The van der Waals surface area contributed by atoms with Crippen LogP contribution in [0.5, 0.6) is 11.6 Å².